The van der Waals surface area contributed by atoms with Gasteiger partial charge < -0.3 is 0 Å². The zero-order chi connectivity index (χ0) is 15.2. The van der Waals surface area contributed by atoms with Crippen LogP contribution in [0.15, 0.2) is 22.7 Å². The Balaban J connectivity index is 2.13. The highest BCUT2D eigenvalue weighted by molar-refractivity contribution is 9.10. The van der Waals surface area contributed by atoms with Gasteiger partial charge in [-0.05, 0) is 44.1 Å². The Labute approximate surface area is 132 Å². The fraction of sp³-hybridized carbons (Fsp3) is 0.467. The van der Waals surface area contributed by atoms with Gasteiger partial charge in [0.15, 0.2) is 5.82 Å². The van der Waals surface area contributed by atoms with Gasteiger partial charge in [0.05, 0.1) is 12.1 Å². The lowest BCUT2D eigenvalue weighted by Crippen LogP contribution is -2.25. The van der Waals surface area contributed by atoms with E-state index in [1.165, 1.54) is 6.07 Å². The zero-order valence-electron chi connectivity index (χ0n) is 12.4. The van der Waals surface area contributed by atoms with Crippen LogP contribution in [0.2, 0.25) is 0 Å². The van der Waals surface area contributed by atoms with E-state index in [0.29, 0.717) is 22.4 Å². The standard InChI is InChI=1S/C15H20BrFN4/c1-3-7-21(8-4-2)10-14-18-15(20-19-14)12-6-5-11(16)9-13(12)17/h5-6,9H,3-4,7-8,10H2,1-2H3,(H,18,19,20). The first-order valence-electron chi connectivity index (χ1n) is 7.23. The molecular formula is C15H20BrFN4. The van der Waals surface area contributed by atoms with Gasteiger partial charge in [0, 0.05) is 4.47 Å². The number of rotatable bonds is 7. The second-order valence-corrected chi connectivity index (χ2v) is 5.92. The van der Waals surface area contributed by atoms with Crippen molar-refractivity contribution in [2.45, 2.75) is 33.2 Å². The van der Waals surface area contributed by atoms with Gasteiger partial charge in [-0.25, -0.2) is 9.37 Å². The predicted octanol–water partition coefficient (Wildman–Crippen LogP) is 4.00. The molecule has 0 atom stereocenters. The van der Waals surface area contributed by atoms with Gasteiger partial charge in [-0.2, -0.15) is 5.10 Å². The molecule has 0 bridgehead atoms. The molecule has 4 nitrogen and oxygen atoms in total. The molecule has 0 saturated heterocycles. The van der Waals surface area contributed by atoms with Crippen LogP contribution in [0.4, 0.5) is 4.39 Å². The fourth-order valence-electron chi connectivity index (χ4n) is 2.27. The summed E-state index contributed by atoms with van der Waals surface area (Å²) in [6, 6.07) is 4.89. The highest BCUT2D eigenvalue weighted by atomic mass is 79.9. The largest absolute Gasteiger partial charge is 0.296 e. The number of aromatic nitrogens is 3. The number of hydrogen-bond donors (Lipinski definition) is 1. The van der Waals surface area contributed by atoms with Gasteiger partial charge in [-0.3, -0.25) is 10.00 Å². The Morgan fingerprint density at radius 1 is 1.24 bits per heavy atom. The molecule has 2 aromatic rings. The van der Waals surface area contributed by atoms with Crippen LogP contribution in [0.1, 0.15) is 32.5 Å². The van der Waals surface area contributed by atoms with Gasteiger partial charge in [-0.1, -0.05) is 29.8 Å². The molecule has 1 heterocycles. The van der Waals surface area contributed by atoms with Crippen molar-refractivity contribution in [3.8, 4) is 11.4 Å². The van der Waals surface area contributed by atoms with Gasteiger partial charge >= 0.3 is 0 Å². The summed E-state index contributed by atoms with van der Waals surface area (Å²) in [6.07, 6.45) is 2.20. The molecule has 0 saturated carbocycles. The first-order chi connectivity index (χ1) is 10.1. The highest BCUT2D eigenvalue weighted by Gasteiger charge is 2.13. The van der Waals surface area contributed by atoms with Gasteiger partial charge in [0.25, 0.3) is 0 Å². The highest BCUT2D eigenvalue weighted by Crippen LogP contribution is 2.22. The summed E-state index contributed by atoms with van der Waals surface area (Å²) in [4.78, 5) is 6.73. The van der Waals surface area contributed by atoms with Gasteiger partial charge in [0.2, 0.25) is 0 Å². The summed E-state index contributed by atoms with van der Waals surface area (Å²) in [5.41, 5.74) is 0.415. The molecule has 2 rings (SSSR count). The summed E-state index contributed by atoms with van der Waals surface area (Å²) in [5, 5.41) is 7.04. The van der Waals surface area contributed by atoms with Crippen molar-refractivity contribution in [1.29, 1.82) is 0 Å². The molecular weight excluding hydrogens is 335 g/mol. The second-order valence-electron chi connectivity index (χ2n) is 5.01. The van der Waals surface area contributed by atoms with Crippen LogP contribution in [0.25, 0.3) is 11.4 Å². The summed E-state index contributed by atoms with van der Waals surface area (Å²) >= 11 is 3.25. The van der Waals surface area contributed by atoms with Gasteiger partial charge in [-0.15, -0.1) is 0 Å². The smallest absolute Gasteiger partial charge is 0.184 e. The third-order valence-electron chi connectivity index (χ3n) is 3.16. The fourth-order valence-corrected chi connectivity index (χ4v) is 2.60. The number of halogens is 2. The molecule has 0 aliphatic carbocycles. The molecule has 0 unspecified atom stereocenters. The number of benzene rings is 1. The first-order valence-corrected chi connectivity index (χ1v) is 8.02. The van der Waals surface area contributed by atoms with Crippen LogP contribution in [0, 0.1) is 5.82 Å². The Kier molecular flexibility index (Phi) is 5.87. The summed E-state index contributed by atoms with van der Waals surface area (Å²) in [6.45, 7) is 7.08. The van der Waals surface area contributed by atoms with E-state index >= 15 is 0 Å². The average molecular weight is 355 g/mol. The minimum absolute atomic E-state index is 0.325. The normalized spacial score (nSPS) is 11.3. The topological polar surface area (TPSA) is 44.8 Å². The SMILES string of the molecule is CCCN(CCC)Cc1nc(-c2ccc(Br)cc2F)n[nH]1. The summed E-state index contributed by atoms with van der Waals surface area (Å²) < 4.78 is 14.6. The van der Waals surface area contributed by atoms with Crippen LogP contribution in [-0.2, 0) is 6.54 Å². The van der Waals surface area contributed by atoms with E-state index in [2.05, 4.69) is 49.9 Å². The maximum atomic E-state index is 13.9. The summed E-state index contributed by atoms with van der Waals surface area (Å²) in [7, 11) is 0. The van der Waals surface area contributed by atoms with Crippen LogP contribution >= 0.6 is 15.9 Å². The Hall–Kier alpha value is -1.27. The summed E-state index contributed by atoms with van der Waals surface area (Å²) in [5.74, 6) is 0.853. The van der Waals surface area contributed by atoms with E-state index in [1.54, 1.807) is 12.1 Å². The van der Waals surface area contributed by atoms with E-state index in [-0.39, 0.29) is 5.82 Å². The molecule has 0 radical (unpaired) electrons. The Bertz CT molecular complexity index is 579. The van der Waals surface area contributed by atoms with E-state index in [1.807, 2.05) is 0 Å². The van der Waals surface area contributed by atoms with E-state index in [9.17, 15) is 4.39 Å². The maximum absolute atomic E-state index is 13.9. The molecule has 0 aliphatic rings. The second kappa shape index (κ2) is 7.66. The number of nitrogens with one attached hydrogen (secondary N) is 1. The van der Waals surface area contributed by atoms with Crippen LogP contribution in [0.3, 0.4) is 0 Å². The first kappa shape index (κ1) is 16.1. The van der Waals surface area contributed by atoms with Crippen molar-refractivity contribution in [2.24, 2.45) is 0 Å². The lowest BCUT2D eigenvalue weighted by Gasteiger charge is -2.18. The average Bonchev–Trinajstić information content (AvgIpc) is 2.87. The molecule has 1 N–H and O–H groups in total. The molecule has 1 aromatic heterocycles. The molecule has 0 spiro atoms. The Morgan fingerprint density at radius 3 is 2.57 bits per heavy atom. The van der Waals surface area contributed by atoms with E-state index in [4.69, 9.17) is 0 Å². The van der Waals surface area contributed by atoms with Crippen LogP contribution in [-0.4, -0.2) is 33.2 Å². The van der Waals surface area contributed by atoms with E-state index < -0.39 is 0 Å². The Morgan fingerprint density at radius 2 is 1.95 bits per heavy atom. The number of nitrogens with zero attached hydrogens (tertiary/aromatic N) is 3. The molecule has 0 aliphatic heterocycles. The quantitative estimate of drug-likeness (QED) is 0.817. The minimum Gasteiger partial charge on any atom is -0.296 e. The number of H-pyrrole nitrogens is 1. The molecule has 114 valence electrons. The van der Waals surface area contributed by atoms with Crippen molar-refractivity contribution >= 4 is 15.9 Å². The zero-order valence-corrected chi connectivity index (χ0v) is 14.0. The predicted molar refractivity (Wildman–Crippen MR) is 85.3 cm³/mol. The molecule has 1 aromatic carbocycles. The van der Waals surface area contributed by atoms with Crippen LogP contribution in [0.5, 0.6) is 0 Å². The number of hydrogen-bond acceptors (Lipinski definition) is 3. The molecule has 0 fully saturated rings. The monoisotopic (exact) mass is 354 g/mol. The number of aromatic amines is 1. The van der Waals surface area contributed by atoms with Crippen molar-refractivity contribution < 1.29 is 4.39 Å². The maximum Gasteiger partial charge on any atom is 0.184 e. The molecule has 6 heteroatoms. The lowest BCUT2D eigenvalue weighted by molar-refractivity contribution is 0.260. The molecule has 0 amide bonds. The van der Waals surface area contributed by atoms with Crippen molar-refractivity contribution in [3.05, 3.63) is 34.3 Å². The lowest BCUT2D eigenvalue weighted by atomic mass is 10.2. The van der Waals surface area contributed by atoms with Crippen molar-refractivity contribution in [1.82, 2.24) is 20.1 Å². The van der Waals surface area contributed by atoms with Crippen molar-refractivity contribution in [3.63, 3.8) is 0 Å². The van der Waals surface area contributed by atoms with Crippen LogP contribution < -0.4 is 0 Å². The van der Waals surface area contributed by atoms with Gasteiger partial charge in [0.1, 0.15) is 11.6 Å². The third kappa shape index (κ3) is 4.35. The molecule has 21 heavy (non-hydrogen) atoms. The van der Waals surface area contributed by atoms with Crippen molar-refractivity contribution in [2.75, 3.05) is 13.1 Å². The minimum atomic E-state index is -0.325. The third-order valence-corrected chi connectivity index (χ3v) is 3.65. The van der Waals surface area contributed by atoms with E-state index in [0.717, 1.165) is 31.8 Å².